The van der Waals surface area contributed by atoms with Crippen molar-refractivity contribution in [3.63, 3.8) is 0 Å². The molecule has 3 N–H and O–H groups in total. The van der Waals surface area contributed by atoms with Crippen molar-refractivity contribution in [3.8, 4) is 0 Å². The molecule has 2 amide bonds. The van der Waals surface area contributed by atoms with Crippen molar-refractivity contribution < 1.29 is 19.4 Å². The predicted octanol–water partition coefficient (Wildman–Crippen LogP) is -0.145. The number of hydrogen-bond acceptors (Lipinski definition) is 2. The van der Waals surface area contributed by atoms with Crippen molar-refractivity contribution in [2.24, 2.45) is 0 Å². The minimum absolute atomic E-state index is 0.0473. The molecule has 30 heavy (non-hydrogen) atoms. The van der Waals surface area contributed by atoms with Gasteiger partial charge >= 0.3 is 0 Å². The fourth-order valence-corrected chi connectivity index (χ4v) is 4.15. The van der Waals surface area contributed by atoms with Gasteiger partial charge in [-0.05, 0) is 31.0 Å². The van der Waals surface area contributed by atoms with Crippen LogP contribution in [0.2, 0.25) is 0 Å². The van der Waals surface area contributed by atoms with Gasteiger partial charge in [0.15, 0.2) is 12.6 Å². The van der Waals surface area contributed by atoms with Gasteiger partial charge in [-0.3, -0.25) is 9.59 Å². The molecule has 6 heteroatoms. The Morgan fingerprint density at radius 1 is 0.967 bits per heavy atom. The number of aryl methyl sites for hydroxylation is 1. The van der Waals surface area contributed by atoms with Crippen molar-refractivity contribution in [2.45, 2.75) is 19.9 Å². The average Bonchev–Trinajstić information content (AvgIpc) is 2.73. The zero-order valence-electron chi connectivity index (χ0n) is 18.5. The van der Waals surface area contributed by atoms with Gasteiger partial charge < -0.3 is 20.0 Å². The summed E-state index contributed by atoms with van der Waals surface area (Å²) in [4.78, 5) is 29.7. The molecule has 1 fully saturated rings. The van der Waals surface area contributed by atoms with Crippen LogP contribution in [0.5, 0.6) is 0 Å². The minimum atomic E-state index is -0.188. The summed E-state index contributed by atoms with van der Waals surface area (Å²) in [6.45, 7) is 8.02. The highest BCUT2D eigenvalue weighted by Crippen LogP contribution is 2.17. The number of likely N-dealkylation sites (N-methyl/N-ethyl adjacent to an activating group) is 1. The molecule has 0 bridgehead atoms. The summed E-state index contributed by atoms with van der Waals surface area (Å²) in [7, 11) is 3.63. The predicted molar refractivity (Wildman–Crippen MR) is 119 cm³/mol. The third-order valence-electron chi connectivity index (χ3n) is 6.12. The van der Waals surface area contributed by atoms with Gasteiger partial charge in [0.25, 0.3) is 11.8 Å². The number of rotatable bonds is 6. The van der Waals surface area contributed by atoms with E-state index in [1.165, 1.54) is 15.4 Å². The molecule has 1 atom stereocenters. The summed E-state index contributed by atoms with van der Waals surface area (Å²) in [6.07, 6.45) is 0. The van der Waals surface area contributed by atoms with Crippen molar-refractivity contribution in [1.82, 2.24) is 4.90 Å². The van der Waals surface area contributed by atoms with Crippen molar-refractivity contribution in [2.75, 3.05) is 52.1 Å². The molecule has 0 aliphatic carbocycles. The van der Waals surface area contributed by atoms with Crippen LogP contribution in [0.25, 0.3) is 0 Å². The molecule has 1 heterocycles. The lowest BCUT2D eigenvalue weighted by molar-refractivity contribution is -1.02. The van der Waals surface area contributed by atoms with Crippen LogP contribution in [0.4, 0.5) is 5.69 Å². The topological polar surface area (TPSA) is 58.3 Å². The molecule has 2 aromatic rings. The Hall–Kier alpha value is -2.70. The molecule has 0 saturated carbocycles. The van der Waals surface area contributed by atoms with E-state index >= 15 is 0 Å². The molecular weight excluding hydrogens is 376 g/mol. The van der Waals surface area contributed by atoms with E-state index in [1.54, 1.807) is 4.90 Å². The number of amides is 2. The maximum atomic E-state index is 12.9. The third-order valence-corrected chi connectivity index (χ3v) is 6.12. The minimum Gasteiger partial charge on any atom is -0.343 e. The van der Waals surface area contributed by atoms with Crippen LogP contribution in [0.15, 0.2) is 48.5 Å². The molecule has 1 aliphatic rings. The average molecular weight is 411 g/mol. The van der Waals surface area contributed by atoms with E-state index in [4.69, 9.17) is 0 Å². The van der Waals surface area contributed by atoms with E-state index in [9.17, 15) is 9.59 Å². The Labute approximate surface area is 179 Å². The summed E-state index contributed by atoms with van der Waals surface area (Å²) >= 11 is 0. The molecule has 0 spiro atoms. The van der Waals surface area contributed by atoms with Crippen molar-refractivity contribution in [3.05, 3.63) is 65.2 Å². The van der Waals surface area contributed by atoms with Gasteiger partial charge in [-0.15, -0.1) is 0 Å². The zero-order valence-corrected chi connectivity index (χ0v) is 18.5. The fraction of sp³-hybridized carbons (Fsp3) is 0.417. The quantitative estimate of drug-likeness (QED) is 0.621. The molecule has 0 radical (unpaired) electrons. The first-order valence-electron chi connectivity index (χ1n) is 10.7. The smallest absolute Gasteiger partial charge is 0.285 e. The van der Waals surface area contributed by atoms with E-state index in [0.29, 0.717) is 6.54 Å². The van der Waals surface area contributed by atoms with Gasteiger partial charge in [0.2, 0.25) is 0 Å². The van der Waals surface area contributed by atoms with Crippen LogP contribution in [0.1, 0.15) is 22.7 Å². The van der Waals surface area contributed by atoms with E-state index in [0.717, 1.165) is 43.0 Å². The second-order valence-electron chi connectivity index (χ2n) is 8.46. The number of piperazine rings is 1. The summed E-state index contributed by atoms with van der Waals surface area (Å²) in [5, 5.41) is 3.06. The number of carbonyl (C=O) groups excluding carboxylic acids is 2. The maximum absolute atomic E-state index is 12.9. The van der Waals surface area contributed by atoms with Gasteiger partial charge in [0.1, 0.15) is 26.2 Å². The molecule has 0 unspecified atom stereocenters. The van der Waals surface area contributed by atoms with Gasteiger partial charge in [-0.1, -0.05) is 42.5 Å². The second kappa shape index (κ2) is 9.87. The molecule has 160 valence electrons. The Kier molecular flexibility index (Phi) is 7.24. The number of hydrogen-bond donors (Lipinski definition) is 3. The summed E-state index contributed by atoms with van der Waals surface area (Å²) < 4.78 is 0. The van der Waals surface area contributed by atoms with Gasteiger partial charge in [-0.25, -0.2) is 0 Å². The molecule has 6 nitrogen and oxygen atoms in total. The first-order chi connectivity index (χ1) is 14.4. The first-order valence-corrected chi connectivity index (χ1v) is 10.7. The van der Waals surface area contributed by atoms with E-state index < -0.39 is 0 Å². The maximum Gasteiger partial charge on any atom is 0.285 e. The molecule has 1 saturated heterocycles. The van der Waals surface area contributed by atoms with E-state index in [2.05, 4.69) is 18.3 Å². The molecule has 3 rings (SSSR count). The molecular formula is C24H34N4O2+2. The van der Waals surface area contributed by atoms with Gasteiger partial charge in [-0.2, -0.15) is 0 Å². The number of anilines is 1. The molecule has 0 aromatic heterocycles. The highest BCUT2D eigenvalue weighted by Gasteiger charge is 2.36. The molecule has 2 aromatic carbocycles. The number of nitrogens with zero attached hydrogens (tertiary/aromatic N) is 1. The molecule has 1 aliphatic heterocycles. The van der Waals surface area contributed by atoms with Crippen molar-refractivity contribution >= 4 is 17.5 Å². The number of benzene rings is 2. The summed E-state index contributed by atoms with van der Waals surface area (Å²) in [6, 6.07) is 15.8. The van der Waals surface area contributed by atoms with Crippen LogP contribution >= 0.6 is 0 Å². The van der Waals surface area contributed by atoms with E-state index in [-0.39, 0.29) is 17.9 Å². The summed E-state index contributed by atoms with van der Waals surface area (Å²) in [5.41, 5.74) is 4.24. The lowest BCUT2D eigenvalue weighted by atomic mass is 10.0. The zero-order chi connectivity index (χ0) is 21.7. The number of quaternary nitrogens is 2. The standard InChI is InChI=1S/C24H32N4O2/c1-18-9-8-12-21(19(18)2)25-22(29)17-27-13-15-28(16-14-27)23(24(30)26(3)4)20-10-6-5-7-11-20/h5-12,23H,13-17H2,1-4H3,(H,25,29)/p+2/t23-/m0/s1. The first kappa shape index (κ1) is 22.0. The Morgan fingerprint density at radius 3 is 2.27 bits per heavy atom. The SMILES string of the molecule is Cc1cccc(NC(=O)C[NH+]2CC[NH+]([C@H](C(=O)N(C)C)c3ccccc3)CC2)c1C. The number of nitrogens with one attached hydrogen (secondary N) is 3. The Morgan fingerprint density at radius 2 is 1.63 bits per heavy atom. The van der Waals surface area contributed by atoms with Gasteiger partial charge in [0, 0.05) is 25.3 Å². The third kappa shape index (κ3) is 5.26. The number of carbonyl (C=O) groups is 2. The van der Waals surface area contributed by atoms with Gasteiger partial charge in [0.05, 0.1) is 0 Å². The highest BCUT2D eigenvalue weighted by atomic mass is 16.2. The van der Waals surface area contributed by atoms with Crippen LogP contribution < -0.4 is 15.1 Å². The monoisotopic (exact) mass is 410 g/mol. The Bertz CT molecular complexity index is 874. The van der Waals surface area contributed by atoms with Crippen LogP contribution in [0.3, 0.4) is 0 Å². The van der Waals surface area contributed by atoms with Crippen LogP contribution in [0, 0.1) is 13.8 Å². The largest absolute Gasteiger partial charge is 0.343 e. The van der Waals surface area contributed by atoms with Crippen LogP contribution in [-0.2, 0) is 9.59 Å². The summed E-state index contributed by atoms with van der Waals surface area (Å²) in [5.74, 6) is 0.179. The lowest BCUT2D eigenvalue weighted by Crippen LogP contribution is -3.28. The second-order valence-corrected chi connectivity index (χ2v) is 8.46. The normalized spacial score (nSPS) is 19.7. The van der Waals surface area contributed by atoms with Crippen molar-refractivity contribution in [1.29, 1.82) is 0 Å². The Balaban J connectivity index is 1.59. The van der Waals surface area contributed by atoms with E-state index in [1.807, 2.05) is 63.5 Å². The fourth-order valence-electron chi connectivity index (χ4n) is 4.15. The highest BCUT2D eigenvalue weighted by molar-refractivity contribution is 5.92. The van der Waals surface area contributed by atoms with Crippen LogP contribution in [-0.4, -0.2) is 63.5 Å². The lowest BCUT2D eigenvalue weighted by Gasteiger charge is -2.34.